The van der Waals surface area contributed by atoms with Crippen molar-refractivity contribution in [1.29, 1.82) is 0 Å². The Bertz CT molecular complexity index is 1640. The lowest BCUT2D eigenvalue weighted by Crippen LogP contribution is -2.45. The van der Waals surface area contributed by atoms with Crippen LogP contribution in [0, 0.1) is 0 Å². The molecular weight excluding hydrogens is 516 g/mol. The van der Waals surface area contributed by atoms with Crippen molar-refractivity contribution in [2.75, 3.05) is 24.2 Å². The fourth-order valence-corrected chi connectivity index (χ4v) is 5.41. The summed E-state index contributed by atoms with van der Waals surface area (Å²) in [6.45, 7) is 5.90. The monoisotopic (exact) mass is 546 g/mol. The van der Waals surface area contributed by atoms with Gasteiger partial charge in [-0.1, -0.05) is 6.07 Å². The molecule has 11 heteroatoms. The third-order valence-corrected chi connectivity index (χ3v) is 7.37. The van der Waals surface area contributed by atoms with Crippen LogP contribution in [0.1, 0.15) is 25.2 Å². The summed E-state index contributed by atoms with van der Waals surface area (Å²) in [6.07, 6.45) is 7.29. The molecule has 1 fully saturated rings. The molecule has 1 saturated heterocycles. The number of nitrogens with one attached hydrogen (secondary N) is 1. The van der Waals surface area contributed by atoms with E-state index in [4.69, 9.17) is 14.7 Å². The first kappa shape index (κ1) is 26.5. The van der Waals surface area contributed by atoms with Gasteiger partial charge in [0.25, 0.3) is 0 Å². The van der Waals surface area contributed by atoms with Crippen LogP contribution < -0.4 is 10.2 Å². The van der Waals surface area contributed by atoms with Gasteiger partial charge in [0.1, 0.15) is 5.82 Å². The zero-order valence-electron chi connectivity index (χ0n) is 22.0. The highest BCUT2D eigenvalue weighted by molar-refractivity contribution is 7.89. The van der Waals surface area contributed by atoms with Gasteiger partial charge in [-0.2, -0.15) is 0 Å². The highest BCUT2D eigenvalue weighted by atomic mass is 32.2. The molecule has 4 aromatic heterocycles. The zero-order chi connectivity index (χ0) is 27.6. The maximum atomic E-state index is 12.4. The maximum absolute atomic E-state index is 12.4. The van der Waals surface area contributed by atoms with Crippen molar-refractivity contribution >= 4 is 38.7 Å². The van der Waals surface area contributed by atoms with Gasteiger partial charge in [-0.15, -0.1) is 0 Å². The van der Waals surface area contributed by atoms with Gasteiger partial charge in [-0.3, -0.25) is 9.78 Å². The molecule has 39 heavy (non-hydrogen) atoms. The number of anilines is 1. The standard InChI is InChI=1S/C28H30N6O4S/c1-19-17-33(18-20(2)38-19)27-8-4-7-24(32-27)25-11-9-21-15-29-22(14-26(21)31-25)16-30-28(35)12-10-23-6-5-13-34(23)39(3,36)37/h4-15,19-20H,16-18H2,1-3H3,(H,30,35)/t19-,20+. The minimum atomic E-state index is -3.45. The summed E-state index contributed by atoms with van der Waals surface area (Å²) in [6, 6.07) is 14.9. The van der Waals surface area contributed by atoms with Crippen LogP contribution in [-0.4, -0.2) is 64.8 Å². The van der Waals surface area contributed by atoms with Crippen LogP contribution in [0.15, 0.2) is 67.0 Å². The summed E-state index contributed by atoms with van der Waals surface area (Å²) in [5.74, 6) is 0.527. The van der Waals surface area contributed by atoms with Gasteiger partial charge in [-0.25, -0.2) is 22.4 Å². The molecule has 202 valence electrons. The average molecular weight is 547 g/mol. The Morgan fingerprint density at radius 1 is 1.08 bits per heavy atom. The van der Waals surface area contributed by atoms with Gasteiger partial charge in [0.2, 0.25) is 15.9 Å². The fraction of sp³-hybridized carbons (Fsp3) is 0.286. The van der Waals surface area contributed by atoms with Crippen molar-refractivity contribution in [3.63, 3.8) is 0 Å². The first-order chi connectivity index (χ1) is 18.7. The highest BCUT2D eigenvalue weighted by Crippen LogP contribution is 2.24. The number of carbonyl (C=O) groups is 1. The molecule has 0 radical (unpaired) electrons. The van der Waals surface area contributed by atoms with Crippen LogP contribution in [-0.2, 0) is 26.1 Å². The number of aromatic nitrogens is 4. The second-order valence-corrected chi connectivity index (χ2v) is 11.5. The number of ether oxygens (including phenoxy) is 1. The number of fused-ring (bicyclic) bond motifs is 1. The molecular formula is C28H30N6O4S. The molecule has 1 amide bonds. The molecule has 1 N–H and O–H groups in total. The van der Waals surface area contributed by atoms with E-state index in [2.05, 4.69) is 29.0 Å². The van der Waals surface area contributed by atoms with Crippen LogP contribution in [0.3, 0.4) is 0 Å². The Kier molecular flexibility index (Phi) is 7.45. The summed E-state index contributed by atoms with van der Waals surface area (Å²) >= 11 is 0. The SMILES string of the molecule is C[C@@H]1CN(c2cccc(-c3ccc4cnc(CNC(=O)C=Cc5cccn5S(C)(=O)=O)cc4n3)n2)C[C@H](C)O1. The molecule has 10 nitrogen and oxygen atoms in total. The Morgan fingerprint density at radius 2 is 1.85 bits per heavy atom. The summed E-state index contributed by atoms with van der Waals surface area (Å²) in [5.41, 5.74) is 3.30. The Morgan fingerprint density at radius 3 is 2.62 bits per heavy atom. The van der Waals surface area contributed by atoms with Gasteiger partial charge < -0.3 is 15.0 Å². The summed E-state index contributed by atoms with van der Waals surface area (Å²) in [7, 11) is -3.45. The van der Waals surface area contributed by atoms with Crippen LogP contribution in [0.25, 0.3) is 28.4 Å². The quantitative estimate of drug-likeness (QED) is 0.351. The van der Waals surface area contributed by atoms with Crippen molar-refractivity contribution in [3.05, 3.63) is 78.4 Å². The number of nitrogens with zero attached hydrogens (tertiary/aromatic N) is 5. The van der Waals surface area contributed by atoms with E-state index in [1.165, 1.54) is 18.3 Å². The zero-order valence-corrected chi connectivity index (χ0v) is 22.8. The topological polar surface area (TPSA) is 119 Å². The van der Waals surface area contributed by atoms with Gasteiger partial charge in [-0.05, 0) is 62.4 Å². The summed E-state index contributed by atoms with van der Waals surface area (Å²) in [5, 5.41) is 3.66. The first-order valence-corrected chi connectivity index (χ1v) is 14.5. The van der Waals surface area contributed by atoms with Crippen molar-refractivity contribution in [2.45, 2.75) is 32.6 Å². The minimum Gasteiger partial charge on any atom is -0.372 e. The molecule has 0 bridgehead atoms. The lowest BCUT2D eigenvalue weighted by molar-refractivity contribution is -0.116. The van der Waals surface area contributed by atoms with Crippen molar-refractivity contribution < 1.29 is 17.9 Å². The Balaban J connectivity index is 1.29. The molecule has 5 rings (SSSR count). The smallest absolute Gasteiger partial charge is 0.244 e. The normalized spacial score (nSPS) is 18.1. The summed E-state index contributed by atoms with van der Waals surface area (Å²) in [4.78, 5) is 28.7. The van der Waals surface area contributed by atoms with E-state index in [9.17, 15) is 13.2 Å². The van der Waals surface area contributed by atoms with E-state index >= 15 is 0 Å². The van der Waals surface area contributed by atoms with Crippen LogP contribution in [0.2, 0.25) is 0 Å². The predicted molar refractivity (Wildman–Crippen MR) is 151 cm³/mol. The molecule has 0 aromatic carbocycles. The molecule has 0 aliphatic carbocycles. The van der Waals surface area contributed by atoms with E-state index in [1.807, 2.05) is 36.4 Å². The van der Waals surface area contributed by atoms with Crippen molar-refractivity contribution in [2.24, 2.45) is 0 Å². The van der Waals surface area contributed by atoms with E-state index in [0.717, 1.165) is 51.4 Å². The van der Waals surface area contributed by atoms with Crippen LogP contribution in [0.4, 0.5) is 5.82 Å². The van der Waals surface area contributed by atoms with Gasteiger partial charge in [0, 0.05) is 36.9 Å². The van der Waals surface area contributed by atoms with E-state index < -0.39 is 10.0 Å². The maximum Gasteiger partial charge on any atom is 0.244 e. The second-order valence-electron chi connectivity index (χ2n) is 9.65. The minimum absolute atomic E-state index is 0.138. The largest absolute Gasteiger partial charge is 0.372 e. The molecule has 1 aliphatic rings. The van der Waals surface area contributed by atoms with Gasteiger partial charge in [0.05, 0.1) is 53.3 Å². The average Bonchev–Trinajstić information content (AvgIpc) is 3.39. The molecule has 4 aromatic rings. The second kappa shape index (κ2) is 11.0. The van der Waals surface area contributed by atoms with Gasteiger partial charge in [0.15, 0.2) is 0 Å². The molecule has 2 atom stereocenters. The predicted octanol–water partition coefficient (Wildman–Crippen LogP) is 3.24. The highest BCUT2D eigenvalue weighted by Gasteiger charge is 2.23. The summed E-state index contributed by atoms with van der Waals surface area (Å²) < 4.78 is 30.6. The number of hydrogen-bond donors (Lipinski definition) is 1. The van der Waals surface area contributed by atoms with Crippen molar-refractivity contribution in [3.8, 4) is 11.4 Å². The number of hydrogen-bond acceptors (Lipinski definition) is 8. The first-order valence-electron chi connectivity index (χ1n) is 12.6. The van der Waals surface area contributed by atoms with E-state index in [0.29, 0.717) is 11.4 Å². The van der Waals surface area contributed by atoms with Crippen LogP contribution in [0.5, 0.6) is 0 Å². The number of pyridine rings is 3. The Hall–Kier alpha value is -4.09. The van der Waals surface area contributed by atoms with Gasteiger partial charge >= 0.3 is 0 Å². The number of amides is 1. The molecule has 1 aliphatic heterocycles. The lowest BCUT2D eigenvalue weighted by Gasteiger charge is -2.36. The molecule has 0 spiro atoms. The van der Waals surface area contributed by atoms with Crippen molar-refractivity contribution in [1.82, 2.24) is 24.2 Å². The van der Waals surface area contributed by atoms with E-state index in [-0.39, 0.29) is 24.7 Å². The fourth-order valence-electron chi connectivity index (χ4n) is 4.61. The molecule has 5 heterocycles. The number of morpholine rings is 1. The number of carbonyl (C=O) groups excluding carboxylic acids is 1. The molecule has 0 saturated carbocycles. The van der Waals surface area contributed by atoms with E-state index in [1.54, 1.807) is 18.3 Å². The Labute approximate surface area is 227 Å². The van der Waals surface area contributed by atoms with Crippen LogP contribution >= 0.6 is 0 Å². The third-order valence-electron chi connectivity index (χ3n) is 6.32. The number of rotatable bonds is 7. The molecule has 0 unspecified atom stereocenters. The lowest BCUT2D eigenvalue weighted by atomic mass is 10.1. The third kappa shape index (κ3) is 6.32.